The summed E-state index contributed by atoms with van der Waals surface area (Å²) in [5.74, 6) is 0.628. The van der Waals surface area contributed by atoms with Crippen molar-refractivity contribution in [3.05, 3.63) is 53.6 Å². The molecule has 140 valence electrons. The van der Waals surface area contributed by atoms with Crippen molar-refractivity contribution in [2.45, 2.75) is 24.3 Å². The molecule has 1 amide bonds. The van der Waals surface area contributed by atoms with E-state index in [1.807, 2.05) is 31.2 Å². The number of nitrogens with one attached hydrogen (secondary N) is 1. The molecule has 0 aliphatic carbocycles. The van der Waals surface area contributed by atoms with Crippen LogP contribution in [0.4, 0.5) is 5.69 Å². The summed E-state index contributed by atoms with van der Waals surface area (Å²) in [7, 11) is 0. The number of halogens is 1. The molecule has 0 saturated carbocycles. The Kier molecular flexibility index (Phi) is 6.31. The highest BCUT2D eigenvalue weighted by Gasteiger charge is 2.19. The third-order valence-corrected chi connectivity index (χ3v) is 4.88. The smallest absolute Gasteiger partial charge is 0.237 e. The highest BCUT2D eigenvalue weighted by molar-refractivity contribution is 8.00. The van der Waals surface area contributed by atoms with E-state index in [4.69, 9.17) is 16.3 Å². The van der Waals surface area contributed by atoms with Gasteiger partial charge in [-0.3, -0.25) is 4.79 Å². The molecule has 7 nitrogen and oxygen atoms in total. The second kappa shape index (κ2) is 8.88. The average molecular weight is 404 g/mol. The zero-order valence-electron chi connectivity index (χ0n) is 14.8. The Bertz CT molecular complexity index is 899. The number of aromatic nitrogens is 4. The third kappa shape index (κ3) is 4.99. The first-order valence-electron chi connectivity index (χ1n) is 8.31. The first-order chi connectivity index (χ1) is 13.1. The maximum atomic E-state index is 12.4. The SMILES string of the molecule is CCOc1ccc(-n2nnnc2SC(C)C(=O)Nc2ccc(Cl)cc2)cc1. The Hall–Kier alpha value is -2.58. The predicted octanol–water partition coefficient (Wildman–Crippen LogP) is 3.83. The van der Waals surface area contributed by atoms with Crippen molar-refractivity contribution in [1.82, 2.24) is 20.2 Å². The molecule has 1 N–H and O–H groups in total. The molecule has 0 saturated heterocycles. The van der Waals surface area contributed by atoms with E-state index in [1.54, 1.807) is 35.9 Å². The molecular formula is C18H18ClN5O2S. The minimum Gasteiger partial charge on any atom is -0.494 e. The summed E-state index contributed by atoms with van der Waals surface area (Å²) in [5.41, 5.74) is 1.47. The van der Waals surface area contributed by atoms with E-state index < -0.39 is 5.25 Å². The lowest BCUT2D eigenvalue weighted by atomic mass is 10.3. The first-order valence-corrected chi connectivity index (χ1v) is 9.57. The van der Waals surface area contributed by atoms with Crippen LogP contribution in [-0.2, 0) is 4.79 Å². The van der Waals surface area contributed by atoms with Crippen molar-refractivity contribution in [3.63, 3.8) is 0 Å². The van der Waals surface area contributed by atoms with Gasteiger partial charge in [0.05, 0.1) is 17.5 Å². The molecular weight excluding hydrogens is 386 g/mol. The summed E-state index contributed by atoms with van der Waals surface area (Å²) in [5, 5.41) is 15.4. The van der Waals surface area contributed by atoms with Gasteiger partial charge in [-0.1, -0.05) is 23.4 Å². The fraction of sp³-hybridized carbons (Fsp3) is 0.222. The van der Waals surface area contributed by atoms with Gasteiger partial charge in [-0.15, -0.1) is 5.10 Å². The van der Waals surface area contributed by atoms with Gasteiger partial charge in [0.2, 0.25) is 11.1 Å². The van der Waals surface area contributed by atoms with E-state index in [9.17, 15) is 4.79 Å². The highest BCUT2D eigenvalue weighted by atomic mass is 35.5. The Labute approximate surface area is 166 Å². The zero-order valence-corrected chi connectivity index (χ0v) is 16.4. The number of rotatable bonds is 7. The minimum absolute atomic E-state index is 0.149. The van der Waals surface area contributed by atoms with Gasteiger partial charge in [0.15, 0.2) is 0 Å². The standard InChI is InChI=1S/C18H18ClN5O2S/c1-3-26-16-10-8-15(9-11-16)24-18(21-22-23-24)27-12(2)17(25)20-14-6-4-13(19)5-7-14/h4-12H,3H2,1-2H3,(H,20,25). The van der Waals surface area contributed by atoms with Crippen LogP contribution in [-0.4, -0.2) is 38.0 Å². The molecule has 0 bridgehead atoms. The summed E-state index contributed by atoms with van der Waals surface area (Å²) in [4.78, 5) is 12.4. The van der Waals surface area contributed by atoms with Crippen LogP contribution in [0.2, 0.25) is 5.02 Å². The lowest BCUT2D eigenvalue weighted by Crippen LogP contribution is -2.22. The maximum Gasteiger partial charge on any atom is 0.237 e. The molecule has 1 heterocycles. The fourth-order valence-electron chi connectivity index (χ4n) is 2.25. The number of carbonyl (C=O) groups excluding carboxylic acids is 1. The van der Waals surface area contributed by atoms with Crippen LogP contribution in [0.25, 0.3) is 5.69 Å². The Morgan fingerprint density at radius 3 is 2.59 bits per heavy atom. The Balaban J connectivity index is 1.68. The van der Waals surface area contributed by atoms with Crippen LogP contribution < -0.4 is 10.1 Å². The number of anilines is 1. The molecule has 0 aliphatic heterocycles. The minimum atomic E-state index is -0.395. The topological polar surface area (TPSA) is 81.9 Å². The molecule has 0 spiro atoms. The molecule has 3 rings (SSSR count). The second-order valence-corrected chi connectivity index (χ2v) is 7.30. The number of ether oxygens (including phenoxy) is 1. The van der Waals surface area contributed by atoms with E-state index in [0.29, 0.717) is 22.5 Å². The van der Waals surface area contributed by atoms with Crippen LogP contribution in [0, 0.1) is 0 Å². The normalized spacial score (nSPS) is 11.8. The molecule has 3 aromatic rings. The first kappa shape index (κ1) is 19.2. The fourth-order valence-corrected chi connectivity index (χ4v) is 3.19. The summed E-state index contributed by atoms with van der Waals surface area (Å²) in [6.45, 7) is 4.33. The van der Waals surface area contributed by atoms with Gasteiger partial charge >= 0.3 is 0 Å². The van der Waals surface area contributed by atoms with Gasteiger partial charge in [-0.25, -0.2) is 0 Å². The molecule has 27 heavy (non-hydrogen) atoms. The van der Waals surface area contributed by atoms with Gasteiger partial charge in [0.25, 0.3) is 0 Å². The monoisotopic (exact) mass is 403 g/mol. The van der Waals surface area contributed by atoms with Crippen LogP contribution in [0.3, 0.4) is 0 Å². The van der Waals surface area contributed by atoms with Gasteiger partial charge in [-0.2, -0.15) is 4.68 Å². The summed E-state index contributed by atoms with van der Waals surface area (Å²) < 4.78 is 7.03. The third-order valence-electron chi connectivity index (χ3n) is 3.60. The van der Waals surface area contributed by atoms with Gasteiger partial charge in [0, 0.05) is 10.7 Å². The van der Waals surface area contributed by atoms with Crippen LogP contribution in [0.5, 0.6) is 5.75 Å². The lowest BCUT2D eigenvalue weighted by Gasteiger charge is -2.12. The largest absolute Gasteiger partial charge is 0.494 e. The quantitative estimate of drug-likeness (QED) is 0.603. The Morgan fingerprint density at radius 2 is 1.93 bits per heavy atom. The molecule has 1 aromatic heterocycles. The van der Waals surface area contributed by atoms with Crippen molar-refractivity contribution in [3.8, 4) is 11.4 Å². The van der Waals surface area contributed by atoms with E-state index >= 15 is 0 Å². The number of hydrogen-bond donors (Lipinski definition) is 1. The van der Waals surface area contributed by atoms with Crippen LogP contribution in [0.1, 0.15) is 13.8 Å². The van der Waals surface area contributed by atoms with Crippen molar-refractivity contribution < 1.29 is 9.53 Å². The highest BCUT2D eigenvalue weighted by Crippen LogP contribution is 2.25. The van der Waals surface area contributed by atoms with E-state index in [-0.39, 0.29) is 5.91 Å². The van der Waals surface area contributed by atoms with Crippen molar-refractivity contribution in [1.29, 1.82) is 0 Å². The number of benzene rings is 2. The Morgan fingerprint density at radius 1 is 1.22 bits per heavy atom. The lowest BCUT2D eigenvalue weighted by molar-refractivity contribution is -0.115. The van der Waals surface area contributed by atoms with E-state index in [2.05, 4.69) is 20.8 Å². The van der Waals surface area contributed by atoms with Crippen molar-refractivity contribution in [2.24, 2.45) is 0 Å². The number of tetrazole rings is 1. The molecule has 0 aliphatic rings. The van der Waals surface area contributed by atoms with Crippen molar-refractivity contribution in [2.75, 3.05) is 11.9 Å². The van der Waals surface area contributed by atoms with Gasteiger partial charge in [0.1, 0.15) is 5.75 Å². The second-order valence-electron chi connectivity index (χ2n) is 5.56. The average Bonchev–Trinajstić information content (AvgIpc) is 3.12. The molecule has 1 atom stereocenters. The van der Waals surface area contributed by atoms with E-state index in [1.165, 1.54) is 11.8 Å². The number of carbonyl (C=O) groups is 1. The molecule has 0 fully saturated rings. The molecule has 1 unspecified atom stereocenters. The summed E-state index contributed by atoms with van der Waals surface area (Å²) >= 11 is 7.13. The van der Waals surface area contributed by atoms with E-state index in [0.717, 1.165) is 11.4 Å². The molecule has 2 aromatic carbocycles. The van der Waals surface area contributed by atoms with Crippen molar-refractivity contribution >= 4 is 35.0 Å². The maximum absolute atomic E-state index is 12.4. The number of nitrogens with zero attached hydrogens (tertiary/aromatic N) is 4. The van der Waals surface area contributed by atoms with Crippen LogP contribution >= 0.6 is 23.4 Å². The number of hydrogen-bond acceptors (Lipinski definition) is 6. The number of amides is 1. The summed E-state index contributed by atoms with van der Waals surface area (Å²) in [6.07, 6.45) is 0. The predicted molar refractivity (Wildman–Crippen MR) is 106 cm³/mol. The zero-order chi connectivity index (χ0) is 19.2. The molecule has 0 radical (unpaired) electrons. The van der Waals surface area contributed by atoms with Gasteiger partial charge in [-0.05, 0) is 72.8 Å². The molecule has 9 heteroatoms. The number of thioether (sulfide) groups is 1. The summed E-state index contributed by atoms with van der Waals surface area (Å²) in [6, 6.07) is 14.4. The van der Waals surface area contributed by atoms with Gasteiger partial charge < -0.3 is 10.1 Å². The van der Waals surface area contributed by atoms with Crippen LogP contribution in [0.15, 0.2) is 53.7 Å².